The molecule has 0 aromatic carbocycles. The summed E-state index contributed by atoms with van der Waals surface area (Å²) in [6.45, 7) is 4.71. The maximum Gasteiger partial charge on any atom is 0.0597 e. The minimum atomic E-state index is 0.232. The van der Waals surface area contributed by atoms with Crippen molar-refractivity contribution in [2.75, 3.05) is 26.7 Å². The van der Waals surface area contributed by atoms with Crippen LogP contribution in [0.25, 0.3) is 0 Å². The zero-order chi connectivity index (χ0) is 10.4. The van der Waals surface area contributed by atoms with E-state index in [4.69, 9.17) is 5.11 Å². The molecule has 1 heterocycles. The van der Waals surface area contributed by atoms with Crippen molar-refractivity contribution < 1.29 is 5.11 Å². The van der Waals surface area contributed by atoms with Crippen molar-refractivity contribution in [2.24, 2.45) is 0 Å². The first-order valence-corrected chi connectivity index (χ1v) is 5.80. The molecule has 0 aromatic heterocycles. The van der Waals surface area contributed by atoms with Crippen molar-refractivity contribution in [3.8, 4) is 0 Å². The van der Waals surface area contributed by atoms with E-state index < -0.39 is 0 Å². The molecule has 14 heavy (non-hydrogen) atoms. The molecule has 1 aliphatic rings. The van der Waals surface area contributed by atoms with Gasteiger partial charge in [0.15, 0.2) is 0 Å². The average Bonchev–Trinajstić information content (AvgIpc) is 2.40. The van der Waals surface area contributed by atoms with Gasteiger partial charge in [0, 0.05) is 18.6 Å². The number of nitrogens with zero attached hydrogens (tertiary/aromatic N) is 1. The molecule has 0 amide bonds. The standard InChI is InChI=1S/C11H24N2O/c1-10-6-4-3-5-7-13(10)8-11(9-14)12-2/h10-12,14H,3-9H2,1-2H3. The summed E-state index contributed by atoms with van der Waals surface area (Å²) in [6.07, 6.45) is 5.35. The molecule has 0 aliphatic carbocycles. The van der Waals surface area contributed by atoms with Gasteiger partial charge in [-0.05, 0) is 33.4 Å². The third kappa shape index (κ3) is 3.56. The molecule has 2 atom stereocenters. The molecule has 1 saturated heterocycles. The van der Waals surface area contributed by atoms with Gasteiger partial charge < -0.3 is 10.4 Å². The normalized spacial score (nSPS) is 27.2. The predicted molar refractivity (Wildman–Crippen MR) is 59.4 cm³/mol. The number of rotatable bonds is 4. The van der Waals surface area contributed by atoms with Crippen molar-refractivity contribution in [1.82, 2.24) is 10.2 Å². The Morgan fingerprint density at radius 2 is 2.21 bits per heavy atom. The second-order valence-corrected chi connectivity index (χ2v) is 4.36. The molecule has 3 nitrogen and oxygen atoms in total. The molecule has 2 N–H and O–H groups in total. The van der Waals surface area contributed by atoms with Crippen LogP contribution in [-0.4, -0.2) is 48.8 Å². The smallest absolute Gasteiger partial charge is 0.0597 e. The molecule has 1 rings (SSSR count). The summed E-state index contributed by atoms with van der Waals surface area (Å²) < 4.78 is 0. The summed E-state index contributed by atoms with van der Waals surface area (Å²) in [5.41, 5.74) is 0. The van der Waals surface area contributed by atoms with Crippen LogP contribution in [0.1, 0.15) is 32.6 Å². The van der Waals surface area contributed by atoms with Crippen molar-refractivity contribution in [2.45, 2.75) is 44.7 Å². The Morgan fingerprint density at radius 3 is 2.86 bits per heavy atom. The minimum Gasteiger partial charge on any atom is -0.395 e. The molecular weight excluding hydrogens is 176 g/mol. The third-order valence-electron chi connectivity index (χ3n) is 3.27. The zero-order valence-electron chi connectivity index (χ0n) is 9.50. The Kier molecular flexibility index (Phi) is 5.45. The number of hydrogen-bond donors (Lipinski definition) is 2. The average molecular weight is 200 g/mol. The lowest BCUT2D eigenvalue weighted by molar-refractivity contribution is 0.157. The summed E-state index contributed by atoms with van der Waals surface area (Å²) in [5, 5.41) is 12.3. The monoisotopic (exact) mass is 200 g/mol. The highest BCUT2D eigenvalue weighted by Gasteiger charge is 2.19. The van der Waals surface area contributed by atoms with Crippen LogP contribution in [0, 0.1) is 0 Å². The van der Waals surface area contributed by atoms with Crippen LogP contribution < -0.4 is 5.32 Å². The highest BCUT2D eigenvalue weighted by molar-refractivity contribution is 4.76. The maximum atomic E-state index is 9.12. The lowest BCUT2D eigenvalue weighted by atomic mass is 10.1. The van der Waals surface area contributed by atoms with Crippen LogP contribution in [-0.2, 0) is 0 Å². The van der Waals surface area contributed by atoms with Gasteiger partial charge in [0.25, 0.3) is 0 Å². The largest absolute Gasteiger partial charge is 0.395 e. The molecule has 0 radical (unpaired) electrons. The lowest BCUT2D eigenvalue weighted by Crippen LogP contribution is -2.45. The zero-order valence-corrected chi connectivity index (χ0v) is 9.50. The number of hydrogen-bond acceptors (Lipinski definition) is 3. The van der Waals surface area contributed by atoms with Crippen molar-refractivity contribution in [1.29, 1.82) is 0 Å². The van der Waals surface area contributed by atoms with Gasteiger partial charge in [-0.15, -0.1) is 0 Å². The summed E-state index contributed by atoms with van der Waals surface area (Å²) in [6, 6.07) is 0.912. The van der Waals surface area contributed by atoms with E-state index in [1.54, 1.807) is 0 Å². The van der Waals surface area contributed by atoms with Crippen LogP contribution in [0.15, 0.2) is 0 Å². The summed E-state index contributed by atoms with van der Waals surface area (Å²) in [7, 11) is 1.92. The molecule has 0 bridgehead atoms. The van der Waals surface area contributed by atoms with E-state index in [9.17, 15) is 0 Å². The van der Waals surface area contributed by atoms with Crippen molar-refractivity contribution in [3.63, 3.8) is 0 Å². The van der Waals surface area contributed by atoms with Gasteiger partial charge in [0.1, 0.15) is 0 Å². The van der Waals surface area contributed by atoms with Gasteiger partial charge in [0.2, 0.25) is 0 Å². The van der Waals surface area contributed by atoms with Gasteiger partial charge in [-0.2, -0.15) is 0 Å². The summed E-state index contributed by atoms with van der Waals surface area (Å²) in [4.78, 5) is 2.50. The number of aliphatic hydroxyl groups excluding tert-OH is 1. The second-order valence-electron chi connectivity index (χ2n) is 4.36. The van der Waals surface area contributed by atoms with Crippen LogP contribution in [0.4, 0.5) is 0 Å². The van der Waals surface area contributed by atoms with Crippen LogP contribution in [0.3, 0.4) is 0 Å². The topological polar surface area (TPSA) is 35.5 Å². The molecule has 2 unspecified atom stereocenters. The first-order chi connectivity index (χ1) is 6.77. The Labute approximate surface area is 87.5 Å². The van der Waals surface area contributed by atoms with E-state index >= 15 is 0 Å². The van der Waals surface area contributed by atoms with E-state index in [0.717, 1.165) is 6.54 Å². The molecule has 3 heteroatoms. The highest BCUT2D eigenvalue weighted by atomic mass is 16.3. The van der Waals surface area contributed by atoms with E-state index in [1.165, 1.54) is 32.2 Å². The molecule has 0 aromatic rings. The Hall–Kier alpha value is -0.120. The fourth-order valence-electron chi connectivity index (χ4n) is 2.13. The fraction of sp³-hybridized carbons (Fsp3) is 1.00. The molecule has 84 valence electrons. The van der Waals surface area contributed by atoms with E-state index in [2.05, 4.69) is 17.1 Å². The molecule has 1 fully saturated rings. The van der Waals surface area contributed by atoms with E-state index in [1.807, 2.05) is 7.05 Å². The lowest BCUT2D eigenvalue weighted by Gasteiger charge is -2.30. The van der Waals surface area contributed by atoms with Crippen molar-refractivity contribution >= 4 is 0 Å². The summed E-state index contributed by atoms with van der Waals surface area (Å²) in [5.74, 6) is 0. The first-order valence-electron chi connectivity index (χ1n) is 5.80. The first kappa shape index (κ1) is 12.0. The Balaban J connectivity index is 2.39. The van der Waals surface area contributed by atoms with Gasteiger partial charge in [-0.1, -0.05) is 12.8 Å². The predicted octanol–water partition coefficient (Wildman–Crippen LogP) is 0.831. The van der Waals surface area contributed by atoms with E-state index in [-0.39, 0.29) is 12.6 Å². The molecular formula is C11H24N2O. The summed E-state index contributed by atoms with van der Waals surface area (Å²) >= 11 is 0. The SMILES string of the molecule is CNC(CO)CN1CCCCCC1C. The minimum absolute atomic E-state index is 0.232. The van der Waals surface area contributed by atoms with Crippen LogP contribution in [0.5, 0.6) is 0 Å². The second kappa shape index (κ2) is 6.38. The number of aliphatic hydroxyl groups is 1. The van der Waals surface area contributed by atoms with Crippen molar-refractivity contribution in [3.05, 3.63) is 0 Å². The third-order valence-corrected chi connectivity index (χ3v) is 3.27. The molecule has 0 saturated carbocycles. The van der Waals surface area contributed by atoms with Gasteiger partial charge >= 0.3 is 0 Å². The van der Waals surface area contributed by atoms with Gasteiger partial charge in [-0.25, -0.2) is 0 Å². The Bertz CT molecular complexity index is 148. The quantitative estimate of drug-likeness (QED) is 0.705. The molecule has 1 aliphatic heterocycles. The number of likely N-dealkylation sites (N-methyl/N-ethyl adjacent to an activating group) is 1. The number of likely N-dealkylation sites (tertiary alicyclic amines) is 1. The number of nitrogens with one attached hydrogen (secondary N) is 1. The molecule has 0 spiro atoms. The van der Waals surface area contributed by atoms with Gasteiger partial charge in [0.05, 0.1) is 6.61 Å². The van der Waals surface area contributed by atoms with E-state index in [0.29, 0.717) is 6.04 Å². The highest BCUT2D eigenvalue weighted by Crippen LogP contribution is 2.16. The van der Waals surface area contributed by atoms with Crippen LogP contribution >= 0.6 is 0 Å². The van der Waals surface area contributed by atoms with Gasteiger partial charge in [-0.3, -0.25) is 4.90 Å². The fourth-order valence-corrected chi connectivity index (χ4v) is 2.13. The maximum absolute atomic E-state index is 9.12. The van der Waals surface area contributed by atoms with Crippen LogP contribution in [0.2, 0.25) is 0 Å². The Morgan fingerprint density at radius 1 is 1.43 bits per heavy atom.